The normalized spacial score (nSPS) is 20.3. The van der Waals surface area contributed by atoms with Crippen LogP contribution in [-0.2, 0) is 23.8 Å². The first kappa shape index (κ1) is 64.4. The van der Waals surface area contributed by atoms with Crippen molar-refractivity contribution in [3.05, 3.63) is 60.8 Å². The zero-order valence-electron chi connectivity index (χ0n) is 43.9. The van der Waals surface area contributed by atoms with Crippen molar-refractivity contribution in [2.75, 3.05) is 13.2 Å². The van der Waals surface area contributed by atoms with E-state index in [0.29, 0.717) is 12.8 Å². The summed E-state index contributed by atoms with van der Waals surface area (Å²) in [6, 6.07) is -1.04. The van der Waals surface area contributed by atoms with Crippen molar-refractivity contribution in [2.24, 2.45) is 0 Å². The van der Waals surface area contributed by atoms with Crippen molar-refractivity contribution in [3.63, 3.8) is 0 Å². The minimum atomic E-state index is -1.62. The van der Waals surface area contributed by atoms with E-state index in [-0.39, 0.29) is 19.4 Å². The van der Waals surface area contributed by atoms with E-state index in [9.17, 15) is 35.1 Å². The number of aliphatic hydroxyl groups is 5. The van der Waals surface area contributed by atoms with Gasteiger partial charge < -0.3 is 45.1 Å². The highest BCUT2D eigenvalue weighted by atomic mass is 16.7. The molecule has 0 aromatic rings. The van der Waals surface area contributed by atoms with Crippen molar-refractivity contribution in [1.29, 1.82) is 0 Å². The highest BCUT2D eigenvalue weighted by Crippen LogP contribution is 2.26. The van der Waals surface area contributed by atoms with Crippen molar-refractivity contribution >= 4 is 11.9 Å². The Morgan fingerprint density at radius 1 is 0.580 bits per heavy atom. The van der Waals surface area contributed by atoms with E-state index in [4.69, 9.17) is 14.2 Å². The number of allylic oxidation sites excluding steroid dienone is 9. The van der Waals surface area contributed by atoms with Crippen LogP contribution < -0.4 is 5.32 Å². The van der Waals surface area contributed by atoms with Crippen molar-refractivity contribution < 1.29 is 49.3 Å². The number of amides is 1. The third kappa shape index (κ3) is 35.2. The van der Waals surface area contributed by atoms with Gasteiger partial charge in [-0.15, -0.1) is 0 Å². The standard InChI is InChI=1S/C58H103NO10/c1-4-7-10-13-16-19-22-25-28-30-33-36-39-42-45-51(62)57(66)59-49(50(61)44-41-38-35-32-29-26-23-20-17-14-11-8-5-2)48-67-58-56(55(65)54(64)52(47-60)68-58)69-53(63)46-43-40-37-34-31-27-24-21-18-15-12-9-6-3/h7,10,13,16,19,22,25,28,41,44,49-52,54-56,58,60-62,64-65H,4-6,8-9,11-12,14-15,17-18,20-21,23-24,26-27,29-40,42-43,45-48H2,1-3H3,(H,59,66)/b10-7+,16-13+,22-19+,28-25-,44-41+. The molecule has 8 atom stereocenters. The summed E-state index contributed by atoms with van der Waals surface area (Å²) in [4.78, 5) is 26.4. The predicted octanol–water partition coefficient (Wildman–Crippen LogP) is 12.3. The molecule has 6 N–H and O–H groups in total. The molecule has 0 aromatic heterocycles. The van der Waals surface area contributed by atoms with Crippen LogP contribution in [0.1, 0.15) is 233 Å². The maximum atomic E-state index is 13.3. The molecule has 11 nitrogen and oxygen atoms in total. The van der Waals surface area contributed by atoms with Crippen molar-refractivity contribution in [3.8, 4) is 0 Å². The van der Waals surface area contributed by atoms with Gasteiger partial charge >= 0.3 is 5.97 Å². The van der Waals surface area contributed by atoms with Gasteiger partial charge in [-0.2, -0.15) is 0 Å². The van der Waals surface area contributed by atoms with Crippen LogP contribution in [0.25, 0.3) is 0 Å². The van der Waals surface area contributed by atoms with E-state index in [1.54, 1.807) is 6.08 Å². The Morgan fingerprint density at radius 2 is 1.04 bits per heavy atom. The van der Waals surface area contributed by atoms with Crippen LogP contribution in [0.5, 0.6) is 0 Å². The second-order valence-corrected chi connectivity index (χ2v) is 19.4. The van der Waals surface area contributed by atoms with E-state index in [2.05, 4.69) is 38.2 Å². The first-order valence-electron chi connectivity index (χ1n) is 28.1. The third-order valence-corrected chi connectivity index (χ3v) is 13.0. The number of aliphatic hydroxyl groups excluding tert-OH is 5. The summed E-state index contributed by atoms with van der Waals surface area (Å²) < 4.78 is 17.5. The minimum absolute atomic E-state index is 0.122. The summed E-state index contributed by atoms with van der Waals surface area (Å²) in [6.07, 6.45) is 45.5. The van der Waals surface area contributed by atoms with Gasteiger partial charge in [-0.05, 0) is 44.9 Å². The van der Waals surface area contributed by atoms with Gasteiger partial charge in [0.05, 0.1) is 25.4 Å². The number of nitrogens with one attached hydrogen (secondary N) is 1. The Kier molecular flexibility index (Phi) is 43.3. The number of carbonyl (C=O) groups is 2. The van der Waals surface area contributed by atoms with Gasteiger partial charge in [-0.1, -0.05) is 242 Å². The lowest BCUT2D eigenvalue weighted by atomic mass is 9.99. The minimum Gasteiger partial charge on any atom is -0.454 e. The summed E-state index contributed by atoms with van der Waals surface area (Å²) in [5.41, 5.74) is 0. The number of ether oxygens (including phenoxy) is 3. The molecule has 1 aliphatic heterocycles. The smallest absolute Gasteiger partial charge is 0.306 e. The molecule has 0 spiro atoms. The fourth-order valence-electron chi connectivity index (χ4n) is 8.54. The Hall–Kier alpha value is -2.64. The fraction of sp³-hybridized carbons (Fsp3) is 0.793. The monoisotopic (exact) mass is 974 g/mol. The molecule has 1 amide bonds. The highest BCUT2D eigenvalue weighted by molar-refractivity contribution is 5.80. The molecular weight excluding hydrogens is 871 g/mol. The number of rotatable bonds is 46. The summed E-state index contributed by atoms with van der Waals surface area (Å²) >= 11 is 0. The maximum Gasteiger partial charge on any atom is 0.306 e. The molecule has 11 heteroatoms. The molecule has 8 unspecified atom stereocenters. The van der Waals surface area contributed by atoms with E-state index in [1.165, 1.54) is 116 Å². The van der Waals surface area contributed by atoms with Crippen LogP contribution in [0.3, 0.4) is 0 Å². The lowest BCUT2D eigenvalue weighted by Gasteiger charge is -2.41. The summed E-state index contributed by atoms with van der Waals surface area (Å²) in [6.45, 7) is 5.62. The van der Waals surface area contributed by atoms with Gasteiger partial charge in [-0.3, -0.25) is 9.59 Å². The van der Waals surface area contributed by atoms with Crippen LogP contribution in [-0.4, -0.2) is 99.6 Å². The molecule has 0 bridgehead atoms. The highest BCUT2D eigenvalue weighted by Gasteiger charge is 2.47. The molecular formula is C58H103NO10. The van der Waals surface area contributed by atoms with Gasteiger partial charge in [0.2, 0.25) is 5.91 Å². The molecule has 0 aromatic carbocycles. The van der Waals surface area contributed by atoms with Crippen LogP contribution >= 0.6 is 0 Å². The summed E-state index contributed by atoms with van der Waals surface area (Å²) in [5, 5.41) is 56.7. The Balaban J connectivity index is 2.78. The lowest BCUT2D eigenvalue weighted by molar-refractivity contribution is -0.305. The average molecular weight is 974 g/mol. The van der Waals surface area contributed by atoms with E-state index >= 15 is 0 Å². The Labute approximate surface area is 420 Å². The summed E-state index contributed by atoms with van der Waals surface area (Å²) in [5.74, 6) is -1.22. The SMILES string of the molecule is CC/C=C/C=C/C=C/C=C\CCCCCCC(O)C(=O)NC(COC1OC(CO)C(O)C(O)C1OC(=O)CCCCCCCCCCCCCCC)C(O)/C=C/CCCCCCCCCCCCC. The molecule has 69 heavy (non-hydrogen) atoms. The van der Waals surface area contributed by atoms with Crippen molar-refractivity contribution in [1.82, 2.24) is 5.32 Å². The van der Waals surface area contributed by atoms with Gasteiger partial charge in [0.25, 0.3) is 0 Å². The predicted molar refractivity (Wildman–Crippen MR) is 283 cm³/mol. The molecule has 1 saturated heterocycles. The molecule has 0 saturated carbocycles. The van der Waals surface area contributed by atoms with E-state index < -0.39 is 67.4 Å². The first-order valence-corrected chi connectivity index (χ1v) is 28.1. The number of hydrogen-bond acceptors (Lipinski definition) is 10. The largest absolute Gasteiger partial charge is 0.454 e. The van der Waals surface area contributed by atoms with Gasteiger partial charge in [-0.25, -0.2) is 0 Å². The Morgan fingerprint density at radius 3 is 1.57 bits per heavy atom. The lowest BCUT2D eigenvalue weighted by Crippen LogP contribution is -2.61. The molecule has 0 radical (unpaired) electrons. The Bertz CT molecular complexity index is 1350. The molecule has 1 rings (SSSR count). The average Bonchev–Trinajstić information content (AvgIpc) is 3.34. The number of carbonyl (C=O) groups excluding carboxylic acids is 2. The van der Waals surface area contributed by atoms with Crippen LogP contribution in [0.2, 0.25) is 0 Å². The number of unbranched alkanes of at least 4 members (excludes halogenated alkanes) is 27. The molecule has 1 aliphatic rings. The zero-order valence-corrected chi connectivity index (χ0v) is 43.9. The van der Waals surface area contributed by atoms with Gasteiger partial charge in [0, 0.05) is 6.42 Å². The molecule has 1 fully saturated rings. The number of esters is 1. The quantitative estimate of drug-likeness (QED) is 0.0149. The summed E-state index contributed by atoms with van der Waals surface area (Å²) in [7, 11) is 0. The third-order valence-electron chi connectivity index (χ3n) is 13.0. The molecule has 1 heterocycles. The second-order valence-electron chi connectivity index (χ2n) is 19.4. The van der Waals surface area contributed by atoms with Gasteiger partial charge in [0.1, 0.15) is 24.4 Å². The zero-order chi connectivity index (χ0) is 50.4. The fourth-order valence-corrected chi connectivity index (χ4v) is 8.54. The van der Waals surface area contributed by atoms with Crippen LogP contribution in [0, 0.1) is 0 Å². The number of hydrogen-bond donors (Lipinski definition) is 6. The van der Waals surface area contributed by atoms with E-state index in [1.807, 2.05) is 42.5 Å². The maximum absolute atomic E-state index is 13.3. The topological polar surface area (TPSA) is 175 Å². The van der Waals surface area contributed by atoms with E-state index in [0.717, 1.165) is 70.6 Å². The van der Waals surface area contributed by atoms with Gasteiger partial charge in [0.15, 0.2) is 12.4 Å². The molecule has 400 valence electrons. The molecule has 0 aliphatic carbocycles. The van der Waals surface area contributed by atoms with Crippen molar-refractivity contribution in [2.45, 2.75) is 282 Å². The first-order chi connectivity index (χ1) is 33.7. The van der Waals surface area contributed by atoms with Crippen LogP contribution in [0.15, 0.2) is 60.8 Å². The van der Waals surface area contributed by atoms with Crippen LogP contribution in [0.4, 0.5) is 0 Å². The second kappa shape index (κ2) is 46.4.